The molecule has 0 atom stereocenters. The highest BCUT2D eigenvalue weighted by atomic mass is 15.0. The van der Waals surface area contributed by atoms with Gasteiger partial charge >= 0.3 is 0 Å². The van der Waals surface area contributed by atoms with E-state index in [9.17, 15) is 0 Å². The molecule has 0 unspecified atom stereocenters. The molecule has 0 aliphatic carbocycles. The van der Waals surface area contributed by atoms with Crippen molar-refractivity contribution in [2.24, 2.45) is 7.05 Å². The van der Waals surface area contributed by atoms with Crippen LogP contribution in [0.1, 0.15) is 56.2 Å². The van der Waals surface area contributed by atoms with Crippen LogP contribution in [0.4, 0.5) is 0 Å². The molecule has 148 valence electrons. The Morgan fingerprint density at radius 3 is 2.00 bits per heavy atom. The topological polar surface area (TPSA) is 8.81 Å². The van der Waals surface area contributed by atoms with Crippen LogP contribution in [-0.4, -0.2) is 4.57 Å². The molecular weight excluding hydrogens is 352 g/mol. The summed E-state index contributed by atoms with van der Waals surface area (Å²) in [7, 11) is 2.13. The quantitative estimate of drug-likeness (QED) is 0.348. The zero-order valence-electron chi connectivity index (χ0n) is 18.4. The van der Waals surface area contributed by atoms with Crippen LogP contribution in [0.5, 0.6) is 0 Å². The Hall–Kier alpha value is -2.87. The average molecular weight is 384 g/mol. The maximum Gasteiger partial charge on any atom is 0.229 e. The molecule has 2 heterocycles. The Labute approximate surface area is 174 Å². The number of aromatic nitrogens is 2. The summed E-state index contributed by atoms with van der Waals surface area (Å²) in [4.78, 5) is 0. The number of rotatable bonds is 4. The number of para-hydroxylation sites is 2. The molecule has 0 N–H and O–H groups in total. The summed E-state index contributed by atoms with van der Waals surface area (Å²) in [5.41, 5.74) is 9.27. The minimum absolute atomic E-state index is 0.447. The molecule has 0 saturated carbocycles. The van der Waals surface area contributed by atoms with Gasteiger partial charge in [0.2, 0.25) is 5.69 Å². The summed E-state index contributed by atoms with van der Waals surface area (Å²) >= 11 is 0. The van der Waals surface area contributed by atoms with Crippen molar-refractivity contribution < 1.29 is 4.57 Å². The van der Waals surface area contributed by atoms with Gasteiger partial charge in [-0.15, -0.1) is 0 Å². The maximum atomic E-state index is 2.52. The van der Waals surface area contributed by atoms with E-state index in [4.69, 9.17) is 0 Å². The number of benzene rings is 2. The molecule has 2 heteroatoms. The number of pyridine rings is 1. The second kappa shape index (κ2) is 7.51. The fraction of sp³-hybridized carbons (Fsp3) is 0.296. The third-order valence-corrected chi connectivity index (χ3v) is 5.99. The molecular formula is C27H31N2+. The number of fused-ring (bicyclic) bond motifs is 1. The average Bonchev–Trinajstić information content (AvgIpc) is 3.00. The largest absolute Gasteiger partial charge is 0.303 e. The van der Waals surface area contributed by atoms with E-state index >= 15 is 0 Å². The first-order chi connectivity index (χ1) is 13.9. The van der Waals surface area contributed by atoms with E-state index in [2.05, 4.69) is 118 Å². The molecule has 0 amide bonds. The van der Waals surface area contributed by atoms with Crippen LogP contribution < -0.4 is 4.57 Å². The lowest BCUT2D eigenvalue weighted by atomic mass is 9.92. The van der Waals surface area contributed by atoms with Gasteiger partial charge in [-0.1, -0.05) is 64.1 Å². The van der Waals surface area contributed by atoms with Crippen LogP contribution in [0.25, 0.3) is 28.0 Å². The number of aryl methyl sites for hydroxylation is 2. The van der Waals surface area contributed by atoms with E-state index in [1.54, 1.807) is 0 Å². The van der Waals surface area contributed by atoms with Crippen molar-refractivity contribution in [2.75, 3.05) is 0 Å². The van der Waals surface area contributed by atoms with Crippen LogP contribution in [-0.2, 0) is 7.05 Å². The number of nitrogens with zero attached hydrogens (tertiary/aromatic N) is 2. The van der Waals surface area contributed by atoms with Crippen LogP contribution in [0.15, 0.2) is 66.9 Å². The van der Waals surface area contributed by atoms with Crippen molar-refractivity contribution in [3.63, 3.8) is 0 Å². The smallest absolute Gasteiger partial charge is 0.229 e. The molecule has 4 aromatic rings. The Morgan fingerprint density at radius 2 is 1.38 bits per heavy atom. The van der Waals surface area contributed by atoms with Crippen molar-refractivity contribution in [3.05, 3.63) is 83.6 Å². The summed E-state index contributed by atoms with van der Waals surface area (Å²) in [5.74, 6) is 0.894. The normalized spacial score (nSPS) is 11.7. The van der Waals surface area contributed by atoms with Gasteiger partial charge in [0, 0.05) is 17.5 Å². The second-order valence-corrected chi connectivity index (χ2v) is 8.62. The lowest BCUT2D eigenvalue weighted by Gasteiger charge is -2.23. The van der Waals surface area contributed by atoms with Gasteiger partial charge < -0.3 is 4.57 Å². The molecule has 4 rings (SSSR count). The highest BCUT2D eigenvalue weighted by Crippen LogP contribution is 2.40. The number of hydrogen-bond acceptors (Lipinski definition) is 0. The Kier molecular flexibility index (Phi) is 5.04. The van der Waals surface area contributed by atoms with Crippen LogP contribution in [0.3, 0.4) is 0 Å². The lowest BCUT2D eigenvalue weighted by Crippen LogP contribution is -2.31. The third kappa shape index (κ3) is 3.17. The molecule has 0 radical (unpaired) electrons. The highest BCUT2D eigenvalue weighted by Gasteiger charge is 2.26. The molecule has 0 bridgehead atoms. The first kappa shape index (κ1) is 19.4. The van der Waals surface area contributed by atoms with Crippen LogP contribution in [0, 0.1) is 6.92 Å². The van der Waals surface area contributed by atoms with Gasteiger partial charge in [-0.3, -0.25) is 0 Å². The zero-order chi connectivity index (χ0) is 20.7. The van der Waals surface area contributed by atoms with Crippen molar-refractivity contribution in [2.45, 2.75) is 46.5 Å². The fourth-order valence-corrected chi connectivity index (χ4v) is 4.48. The predicted molar refractivity (Wildman–Crippen MR) is 123 cm³/mol. The predicted octanol–water partition coefficient (Wildman–Crippen LogP) is 6.68. The fourth-order valence-electron chi connectivity index (χ4n) is 4.48. The van der Waals surface area contributed by atoms with Gasteiger partial charge in [0.15, 0.2) is 6.20 Å². The van der Waals surface area contributed by atoms with Crippen molar-refractivity contribution in [1.29, 1.82) is 0 Å². The molecule has 0 saturated heterocycles. The van der Waals surface area contributed by atoms with E-state index in [1.807, 2.05) is 0 Å². The zero-order valence-corrected chi connectivity index (χ0v) is 18.4. The molecule has 2 nitrogen and oxygen atoms in total. The molecule has 0 aliphatic heterocycles. The molecule has 0 spiro atoms. The van der Waals surface area contributed by atoms with Crippen LogP contribution >= 0.6 is 0 Å². The SMILES string of the molecule is Cc1c(-c2cccc[n+]2C)n(-c2c(C(C)C)cccc2C(C)C)c2ccccc12. The van der Waals surface area contributed by atoms with E-state index in [-0.39, 0.29) is 0 Å². The molecule has 2 aromatic carbocycles. The van der Waals surface area contributed by atoms with E-state index < -0.39 is 0 Å². The maximum absolute atomic E-state index is 2.52. The van der Waals surface area contributed by atoms with Crippen molar-refractivity contribution in [1.82, 2.24) is 4.57 Å². The Bertz CT molecular complexity index is 1150. The minimum Gasteiger partial charge on any atom is -0.303 e. The van der Waals surface area contributed by atoms with E-state index in [1.165, 1.54) is 44.7 Å². The number of hydrogen-bond donors (Lipinski definition) is 0. The van der Waals surface area contributed by atoms with Crippen molar-refractivity contribution >= 4 is 10.9 Å². The molecule has 0 fully saturated rings. The summed E-state index contributed by atoms with van der Waals surface area (Å²) < 4.78 is 4.75. The molecule has 29 heavy (non-hydrogen) atoms. The molecule has 0 aliphatic rings. The summed E-state index contributed by atoms with van der Waals surface area (Å²) in [5, 5.41) is 1.32. The van der Waals surface area contributed by atoms with Gasteiger partial charge in [-0.2, -0.15) is 4.57 Å². The summed E-state index contributed by atoms with van der Waals surface area (Å²) in [6.07, 6.45) is 2.13. The highest BCUT2D eigenvalue weighted by molar-refractivity contribution is 5.93. The van der Waals surface area contributed by atoms with Crippen LogP contribution in [0.2, 0.25) is 0 Å². The standard InChI is InChI=1S/C27H31N2/c1-18(2)21-13-11-14-22(19(3)4)27(21)29-24-15-8-7-12-23(24)20(5)26(29)25-16-9-10-17-28(25)6/h7-19H,1-6H3/q+1. The van der Waals surface area contributed by atoms with Gasteiger partial charge in [0.05, 0.1) is 11.2 Å². The van der Waals surface area contributed by atoms with Crippen molar-refractivity contribution in [3.8, 4) is 17.1 Å². The summed E-state index contributed by atoms with van der Waals surface area (Å²) in [6.45, 7) is 11.4. The molecule has 2 aromatic heterocycles. The van der Waals surface area contributed by atoms with Gasteiger partial charge in [-0.05, 0) is 47.6 Å². The third-order valence-electron chi connectivity index (χ3n) is 5.99. The summed E-state index contributed by atoms with van der Waals surface area (Å²) in [6, 6.07) is 22.1. The first-order valence-corrected chi connectivity index (χ1v) is 10.6. The first-order valence-electron chi connectivity index (χ1n) is 10.6. The van der Waals surface area contributed by atoms with E-state index in [0.29, 0.717) is 11.8 Å². The minimum atomic E-state index is 0.447. The van der Waals surface area contributed by atoms with Gasteiger partial charge in [-0.25, -0.2) is 0 Å². The Morgan fingerprint density at radius 1 is 0.759 bits per heavy atom. The van der Waals surface area contributed by atoms with E-state index in [0.717, 1.165) is 0 Å². The Balaban J connectivity index is 2.22. The monoisotopic (exact) mass is 383 g/mol. The lowest BCUT2D eigenvalue weighted by molar-refractivity contribution is -0.660. The second-order valence-electron chi connectivity index (χ2n) is 8.62. The van der Waals surface area contributed by atoms with Gasteiger partial charge in [0.1, 0.15) is 12.7 Å². The van der Waals surface area contributed by atoms with Gasteiger partial charge in [0.25, 0.3) is 0 Å².